The van der Waals surface area contributed by atoms with Gasteiger partial charge in [-0.1, -0.05) is 24.1 Å². The lowest BCUT2D eigenvalue weighted by molar-refractivity contribution is -0.140. The smallest absolute Gasteiger partial charge is 0.277 e. The Hall–Kier alpha value is -2.06. The molecule has 1 N–H and O–H groups in total. The molecule has 0 spiro atoms. The minimum absolute atomic E-state index is 0.0526. The van der Waals surface area contributed by atoms with Crippen LogP contribution in [0.4, 0.5) is 17.6 Å². The molecule has 0 aliphatic carbocycles. The number of H-pyrrole nitrogens is 1. The van der Waals surface area contributed by atoms with Gasteiger partial charge >= 0.3 is 6.18 Å². The SMILES string of the molecule is CSN1CCC(c2ccc3c(-c4cc(C)c(F)c(C(F)(F)F)c4)n[nH]c3c2)CC1. The summed E-state index contributed by atoms with van der Waals surface area (Å²) in [4.78, 5) is 0. The van der Waals surface area contributed by atoms with Crippen molar-refractivity contribution in [3.63, 3.8) is 0 Å². The van der Waals surface area contributed by atoms with Gasteiger partial charge in [0.05, 0.1) is 16.8 Å². The molecule has 4 rings (SSSR count). The first-order valence-corrected chi connectivity index (χ1v) is 10.6. The maximum atomic E-state index is 14.0. The Bertz CT molecular complexity index is 1040. The highest BCUT2D eigenvalue weighted by Crippen LogP contribution is 2.38. The molecule has 0 amide bonds. The van der Waals surface area contributed by atoms with Crippen molar-refractivity contribution in [2.75, 3.05) is 19.3 Å². The molecule has 1 aromatic heterocycles. The Morgan fingerprint density at radius 3 is 2.52 bits per heavy atom. The van der Waals surface area contributed by atoms with Gasteiger partial charge in [-0.3, -0.25) is 9.40 Å². The van der Waals surface area contributed by atoms with Gasteiger partial charge in [-0.05, 0) is 61.3 Å². The zero-order valence-corrected chi connectivity index (χ0v) is 16.9. The highest BCUT2D eigenvalue weighted by atomic mass is 32.2. The minimum Gasteiger partial charge on any atom is -0.277 e. The van der Waals surface area contributed by atoms with E-state index in [0.29, 0.717) is 11.6 Å². The number of rotatable bonds is 3. The van der Waals surface area contributed by atoms with Crippen molar-refractivity contribution in [2.24, 2.45) is 0 Å². The molecule has 29 heavy (non-hydrogen) atoms. The molecule has 0 atom stereocenters. The van der Waals surface area contributed by atoms with Crippen molar-refractivity contribution < 1.29 is 17.6 Å². The van der Waals surface area contributed by atoms with E-state index in [1.54, 1.807) is 11.9 Å². The fraction of sp³-hybridized carbons (Fsp3) is 0.381. The Morgan fingerprint density at radius 1 is 1.14 bits per heavy atom. The molecule has 2 aromatic carbocycles. The Labute approximate surface area is 170 Å². The minimum atomic E-state index is -4.75. The highest BCUT2D eigenvalue weighted by molar-refractivity contribution is 7.96. The molecule has 8 heteroatoms. The fourth-order valence-corrected chi connectivity index (χ4v) is 4.57. The van der Waals surface area contributed by atoms with Crippen molar-refractivity contribution in [3.8, 4) is 11.3 Å². The van der Waals surface area contributed by atoms with Crippen LogP contribution in [-0.2, 0) is 6.18 Å². The monoisotopic (exact) mass is 423 g/mol. The van der Waals surface area contributed by atoms with Crippen molar-refractivity contribution in [1.82, 2.24) is 14.5 Å². The third kappa shape index (κ3) is 3.88. The van der Waals surface area contributed by atoms with E-state index in [9.17, 15) is 17.6 Å². The molecule has 154 valence electrons. The van der Waals surface area contributed by atoms with E-state index in [4.69, 9.17) is 0 Å². The van der Waals surface area contributed by atoms with E-state index in [-0.39, 0.29) is 11.1 Å². The highest BCUT2D eigenvalue weighted by Gasteiger charge is 2.35. The van der Waals surface area contributed by atoms with Gasteiger partial charge in [0.25, 0.3) is 0 Å². The first-order chi connectivity index (χ1) is 13.8. The first kappa shape index (κ1) is 20.2. The van der Waals surface area contributed by atoms with Gasteiger partial charge < -0.3 is 0 Å². The number of aromatic nitrogens is 2. The predicted octanol–water partition coefficient (Wildman–Crippen LogP) is 6.15. The van der Waals surface area contributed by atoms with Crippen LogP contribution in [0.2, 0.25) is 0 Å². The van der Waals surface area contributed by atoms with Gasteiger partial charge in [-0.15, -0.1) is 0 Å². The van der Waals surface area contributed by atoms with E-state index in [2.05, 4.69) is 20.8 Å². The van der Waals surface area contributed by atoms with Crippen molar-refractivity contribution in [1.29, 1.82) is 0 Å². The molecule has 1 saturated heterocycles. The second-order valence-corrected chi connectivity index (χ2v) is 8.30. The lowest BCUT2D eigenvalue weighted by atomic mass is 9.89. The molecule has 1 aliphatic heterocycles. The summed E-state index contributed by atoms with van der Waals surface area (Å²) in [6.07, 6.45) is -0.533. The molecule has 0 bridgehead atoms. The summed E-state index contributed by atoms with van der Waals surface area (Å²) in [6.45, 7) is 3.41. The summed E-state index contributed by atoms with van der Waals surface area (Å²) in [5, 5.41) is 7.91. The number of nitrogens with one attached hydrogen (secondary N) is 1. The maximum Gasteiger partial charge on any atom is 0.419 e. The molecule has 3 aromatic rings. The number of benzene rings is 2. The van der Waals surface area contributed by atoms with Crippen LogP contribution in [0, 0.1) is 12.7 Å². The summed E-state index contributed by atoms with van der Waals surface area (Å²) in [5.74, 6) is -0.778. The number of halogens is 4. The van der Waals surface area contributed by atoms with Gasteiger partial charge in [0.1, 0.15) is 5.82 Å². The molecular weight excluding hydrogens is 402 g/mol. The molecule has 0 saturated carbocycles. The molecule has 0 radical (unpaired) electrons. The number of nitrogens with zero attached hydrogens (tertiary/aromatic N) is 2. The van der Waals surface area contributed by atoms with Gasteiger partial charge in [-0.2, -0.15) is 18.3 Å². The van der Waals surface area contributed by atoms with Crippen LogP contribution in [0.3, 0.4) is 0 Å². The van der Waals surface area contributed by atoms with E-state index in [0.717, 1.165) is 42.9 Å². The normalized spacial score (nSPS) is 16.6. The van der Waals surface area contributed by atoms with E-state index in [1.165, 1.54) is 18.6 Å². The number of aromatic amines is 1. The van der Waals surface area contributed by atoms with Crippen LogP contribution in [-0.4, -0.2) is 33.8 Å². The average Bonchev–Trinajstić information content (AvgIpc) is 3.12. The van der Waals surface area contributed by atoms with Gasteiger partial charge in [0.15, 0.2) is 0 Å². The van der Waals surface area contributed by atoms with Crippen LogP contribution in [0.25, 0.3) is 22.2 Å². The lowest BCUT2D eigenvalue weighted by Gasteiger charge is -2.30. The molecular formula is C21H21F4N3S. The standard InChI is InChI=1S/C21H21F4N3S/c1-12-9-15(10-17(19(12)22)21(23,24)25)20-16-4-3-14(11-18(16)26-27-20)13-5-7-28(29-2)8-6-13/h3-4,9-11,13H,5-8H2,1-2H3,(H,26,27). The molecule has 2 heterocycles. The van der Waals surface area contributed by atoms with Crippen molar-refractivity contribution >= 4 is 22.9 Å². The first-order valence-electron chi connectivity index (χ1n) is 9.42. The largest absolute Gasteiger partial charge is 0.419 e. The number of piperidine rings is 1. The molecule has 3 nitrogen and oxygen atoms in total. The van der Waals surface area contributed by atoms with Gasteiger partial charge in [0.2, 0.25) is 0 Å². The number of aryl methyl sites for hydroxylation is 1. The Balaban J connectivity index is 1.69. The lowest BCUT2D eigenvalue weighted by Crippen LogP contribution is -2.27. The van der Waals surface area contributed by atoms with Crippen LogP contribution in [0.1, 0.15) is 35.4 Å². The summed E-state index contributed by atoms with van der Waals surface area (Å²) in [6, 6.07) is 8.21. The second kappa shape index (κ2) is 7.65. The summed E-state index contributed by atoms with van der Waals surface area (Å²) in [7, 11) is 0. The Kier molecular flexibility index (Phi) is 5.33. The van der Waals surface area contributed by atoms with Crippen molar-refractivity contribution in [3.05, 3.63) is 52.8 Å². The van der Waals surface area contributed by atoms with E-state index in [1.807, 2.05) is 18.2 Å². The van der Waals surface area contributed by atoms with E-state index >= 15 is 0 Å². The number of hydrogen-bond acceptors (Lipinski definition) is 3. The van der Waals surface area contributed by atoms with Crippen molar-refractivity contribution in [2.45, 2.75) is 31.9 Å². The van der Waals surface area contributed by atoms with Crippen LogP contribution >= 0.6 is 11.9 Å². The quantitative estimate of drug-likeness (QED) is 0.405. The van der Waals surface area contributed by atoms with Gasteiger partial charge in [0, 0.05) is 24.0 Å². The summed E-state index contributed by atoms with van der Waals surface area (Å²) < 4.78 is 55.9. The third-order valence-corrected chi connectivity index (χ3v) is 6.49. The maximum absolute atomic E-state index is 14.0. The summed E-state index contributed by atoms with van der Waals surface area (Å²) in [5.41, 5.74) is 1.32. The number of fused-ring (bicyclic) bond motifs is 1. The Morgan fingerprint density at radius 2 is 1.86 bits per heavy atom. The molecule has 1 fully saturated rings. The molecule has 0 unspecified atom stereocenters. The fourth-order valence-electron chi connectivity index (χ4n) is 4.00. The zero-order chi connectivity index (χ0) is 20.8. The number of alkyl halides is 3. The van der Waals surface area contributed by atoms with Crippen LogP contribution in [0.15, 0.2) is 30.3 Å². The predicted molar refractivity (Wildman–Crippen MR) is 108 cm³/mol. The average molecular weight is 423 g/mol. The number of hydrogen-bond donors (Lipinski definition) is 1. The van der Waals surface area contributed by atoms with Crippen LogP contribution in [0.5, 0.6) is 0 Å². The van der Waals surface area contributed by atoms with Gasteiger partial charge in [-0.25, -0.2) is 4.39 Å². The van der Waals surface area contributed by atoms with Crippen LogP contribution < -0.4 is 0 Å². The summed E-state index contributed by atoms with van der Waals surface area (Å²) >= 11 is 1.76. The topological polar surface area (TPSA) is 31.9 Å². The zero-order valence-electron chi connectivity index (χ0n) is 16.1. The second-order valence-electron chi connectivity index (χ2n) is 7.42. The molecule has 1 aliphatic rings. The van der Waals surface area contributed by atoms with E-state index < -0.39 is 17.6 Å². The third-order valence-electron chi connectivity index (χ3n) is 5.60.